The standard InChI is InChI=1S/C24H19Cl3O3S/c1-29-19-8-10-22(30-2)17(12-19)13-23(24(28)16-4-6-18(25)7-5-16)31-14-15-3-9-20(26)21(27)11-15/h3-13H,14H2,1-2H3. The third kappa shape index (κ3) is 6.20. The molecule has 3 rings (SSSR count). The highest BCUT2D eigenvalue weighted by molar-refractivity contribution is 8.03. The topological polar surface area (TPSA) is 35.5 Å². The Labute approximate surface area is 200 Å². The van der Waals surface area contributed by atoms with Crippen LogP contribution in [0.3, 0.4) is 0 Å². The summed E-state index contributed by atoms with van der Waals surface area (Å²) in [4.78, 5) is 13.8. The van der Waals surface area contributed by atoms with E-state index in [9.17, 15) is 4.79 Å². The predicted octanol–water partition coefficient (Wildman–Crippen LogP) is 7.82. The Morgan fingerprint density at radius 2 is 1.65 bits per heavy atom. The number of hydrogen-bond acceptors (Lipinski definition) is 4. The van der Waals surface area contributed by atoms with E-state index in [1.807, 2.05) is 12.1 Å². The number of thioether (sulfide) groups is 1. The van der Waals surface area contributed by atoms with Crippen molar-refractivity contribution in [2.45, 2.75) is 5.75 Å². The molecule has 0 aromatic heterocycles. The summed E-state index contributed by atoms with van der Waals surface area (Å²) in [6, 6.07) is 17.7. The zero-order chi connectivity index (χ0) is 22.4. The minimum atomic E-state index is -0.119. The minimum Gasteiger partial charge on any atom is -0.497 e. The van der Waals surface area contributed by atoms with Gasteiger partial charge in [-0.1, -0.05) is 40.9 Å². The lowest BCUT2D eigenvalue weighted by Crippen LogP contribution is -2.02. The van der Waals surface area contributed by atoms with Gasteiger partial charge in [0, 0.05) is 21.9 Å². The van der Waals surface area contributed by atoms with Crippen LogP contribution in [0.2, 0.25) is 15.1 Å². The van der Waals surface area contributed by atoms with Crippen LogP contribution in [0.4, 0.5) is 0 Å². The molecule has 0 aliphatic carbocycles. The molecule has 0 bridgehead atoms. The van der Waals surface area contributed by atoms with Crippen molar-refractivity contribution in [1.82, 2.24) is 0 Å². The SMILES string of the molecule is COc1ccc(OC)c(C=C(SCc2ccc(Cl)c(Cl)c2)C(=O)c2ccc(Cl)cc2)c1. The maximum absolute atomic E-state index is 13.3. The Hall–Kier alpha value is -2.11. The maximum atomic E-state index is 13.3. The fourth-order valence-corrected chi connectivity index (χ4v) is 4.21. The van der Waals surface area contributed by atoms with Gasteiger partial charge in [0.2, 0.25) is 0 Å². The molecular weight excluding hydrogens is 475 g/mol. The van der Waals surface area contributed by atoms with Crippen molar-refractivity contribution in [1.29, 1.82) is 0 Å². The summed E-state index contributed by atoms with van der Waals surface area (Å²) in [5.74, 6) is 1.72. The number of rotatable bonds is 8. The Kier molecular flexibility index (Phi) is 8.33. The van der Waals surface area contributed by atoms with Crippen LogP contribution in [0, 0.1) is 0 Å². The second-order valence-corrected chi connectivity index (χ2v) is 8.76. The highest BCUT2D eigenvalue weighted by Gasteiger charge is 2.16. The molecule has 0 fully saturated rings. The van der Waals surface area contributed by atoms with Gasteiger partial charge in [-0.25, -0.2) is 0 Å². The van der Waals surface area contributed by atoms with Gasteiger partial charge in [0.1, 0.15) is 11.5 Å². The zero-order valence-corrected chi connectivity index (χ0v) is 19.9. The van der Waals surface area contributed by atoms with E-state index in [1.165, 1.54) is 11.8 Å². The summed E-state index contributed by atoms with van der Waals surface area (Å²) in [7, 11) is 3.18. The lowest BCUT2D eigenvalue weighted by molar-refractivity contribution is 0.104. The van der Waals surface area contributed by atoms with Crippen molar-refractivity contribution in [2.75, 3.05) is 14.2 Å². The predicted molar refractivity (Wildman–Crippen MR) is 131 cm³/mol. The van der Waals surface area contributed by atoms with Crippen molar-refractivity contribution in [2.24, 2.45) is 0 Å². The van der Waals surface area contributed by atoms with Crippen molar-refractivity contribution in [3.8, 4) is 11.5 Å². The minimum absolute atomic E-state index is 0.119. The summed E-state index contributed by atoms with van der Waals surface area (Å²) >= 11 is 19.5. The number of hydrogen-bond donors (Lipinski definition) is 0. The van der Waals surface area contributed by atoms with Crippen LogP contribution in [0.5, 0.6) is 11.5 Å². The Morgan fingerprint density at radius 1 is 0.903 bits per heavy atom. The van der Waals surface area contributed by atoms with Gasteiger partial charge in [-0.2, -0.15) is 0 Å². The summed E-state index contributed by atoms with van der Waals surface area (Å²) < 4.78 is 10.8. The summed E-state index contributed by atoms with van der Waals surface area (Å²) in [5.41, 5.74) is 2.23. The normalized spacial score (nSPS) is 11.3. The van der Waals surface area contributed by atoms with Crippen LogP contribution in [-0.2, 0) is 5.75 Å². The van der Waals surface area contributed by atoms with E-state index < -0.39 is 0 Å². The smallest absolute Gasteiger partial charge is 0.199 e. The van der Waals surface area contributed by atoms with Gasteiger partial charge in [0.15, 0.2) is 5.78 Å². The fourth-order valence-electron chi connectivity index (χ4n) is 2.80. The number of carbonyl (C=O) groups is 1. The molecule has 0 unspecified atom stereocenters. The molecule has 0 heterocycles. The van der Waals surface area contributed by atoms with E-state index >= 15 is 0 Å². The van der Waals surface area contributed by atoms with Crippen molar-refractivity contribution in [3.05, 3.63) is 97.3 Å². The van der Waals surface area contributed by atoms with Gasteiger partial charge in [0.25, 0.3) is 0 Å². The second kappa shape index (κ2) is 11.0. The van der Waals surface area contributed by atoms with E-state index in [0.29, 0.717) is 42.8 Å². The number of halogens is 3. The molecule has 3 aromatic carbocycles. The van der Waals surface area contributed by atoms with Crippen molar-refractivity contribution in [3.63, 3.8) is 0 Å². The van der Waals surface area contributed by atoms with Crippen molar-refractivity contribution < 1.29 is 14.3 Å². The molecule has 7 heteroatoms. The molecule has 3 aromatic rings. The molecule has 0 saturated heterocycles. The summed E-state index contributed by atoms with van der Waals surface area (Å²) in [6.07, 6.45) is 1.81. The Bertz CT molecular complexity index is 1110. The maximum Gasteiger partial charge on any atom is 0.199 e. The Morgan fingerprint density at radius 3 is 2.29 bits per heavy atom. The molecule has 0 N–H and O–H groups in total. The molecule has 0 radical (unpaired) electrons. The van der Waals surface area contributed by atoms with Crippen LogP contribution in [0.25, 0.3) is 6.08 Å². The van der Waals surface area contributed by atoms with E-state index in [4.69, 9.17) is 44.3 Å². The van der Waals surface area contributed by atoms with Crippen LogP contribution >= 0.6 is 46.6 Å². The quantitative estimate of drug-likeness (QED) is 0.237. The Balaban J connectivity index is 1.99. The first kappa shape index (κ1) is 23.6. The first-order chi connectivity index (χ1) is 14.9. The van der Waals surface area contributed by atoms with Crippen LogP contribution in [0.15, 0.2) is 65.6 Å². The number of Topliss-reactive ketones (excluding diaryl/α,β-unsaturated/α-hetero) is 1. The first-order valence-corrected chi connectivity index (χ1v) is 11.3. The molecular formula is C24H19Cl3O3S. The highest BCUT2D eigenvalue weighted by atomic mass is 35.5. The molecule has 0 spiro atoms. The number of methoxy groups -OCH3 is 2. The first-order valence-electron chi connectivity index (χ1n) is 9.22. The van der Waals surface area contributed by atoms with E-state index in [1.54, 1.807) is 68.8 Å². The van der Waals surface area contributed by atoms with Gasteiger partial charge in [-0.15, -0.1) is 11.8 Å². The van der Waals surface area contributed by atoms with Crippen LogP contribution in [0.1, 0.15) is 21.5 Å². The van der Waals surface area contributed by atoms with E-state index in [2.05, 4.69) is 0 Å². The monoisotopic (exact) mass is 492 g/mol. The molecule has 3 nitrogen and oxygen atoms in total. The van der Waals surface area contributed by atoms with Gasteiger partial charge >= 0.3 is 0 Å². The molecule has 0 aliphatic heterocycles. The van der Waals surface area contributed by atoms with Crippen molar-refractivity contribution >= 4 is 58.4 Å². The number of carbonyl (C=O) groups excluding carboxylic acids is 1. The average Bonchev–Trinajstić information content (AvgIpc) is 2.78. The van der Waals surface area contributed by atoms with Crippen LogP contribution < -0.4 is 9.47 Å². The molecule has 160 valence electrons. The number of ether oxygens (including phenoxy) is 2. The van der Waals surface area contributed by atoms with E-state index in [-0.39, 0.29) is 5.78 Å². The zero-order valence-electron chi connectivity index (χ0n) is 16.8. The number of ketones is 1. The summed E-state index contributed by atoms with van der Waals surface area (Å²) in [6.45, 7) is 0. The molecule has 0 atom stereocenters. The molecule has 0 aliphatic rings. The van der Waals surface area contributed by atoms with Gasteiger partial charge < -0.3 is 9.47 Å². The number of benzene rings is 3. The molecule has 0 saturated carbocycles. The average molecular weight is 494 g/mol. The van der Waals surface area contributed by atoms with Gasteiger partial charge in [-0.3, -0.25) is 4.79 Å². The fraction of sp³-hybridized carbons (Fsp3) is 0.125. The van der Waals surface area contributed by atoms with Gasteiger partial charge in [-0.05, 0) is 66.2 Å². The molecule has 0 amide bonds. The largest absolute Gasteiger partial charge is 0.497 e. The van der Waals surface area contributed by atoms with E-state index in [0.717, 1.165) is 11.1 Å². The summed E-state index contributed by atoms with van der Waals surface area (Å²) in [5, 5.41) is 1.54. The number of allylic oxidation sites excluding steroid dienone is 1. The highest BCUT2D eigenvalue weighted by Crippen LogP contribution is 2.33. The van der Waals surface area contributed by atoms with Crippen LogP contribution in [-0.4, -0.2) is 20.0 Å². The molecule has 31 heavy (non-hydrogen) atoms. The van der Waals surface area contributed by atoms with Gasteiger partial charge in [0.05, 0.1) is 29.2 Å². The second-order valence-electron chi connectivity index (χ2n) is 6.49. The third-order valence-electron chi connectivity index (χ3n) is 4.43. The lowest BCUT2D eigenvalue weighted by atomic mass is 10.1. The lowest BCUT2D eigenvalue weighted by Gasteiger charge is -2.11. The third-order valence-corrected chi connectivity index (χ3v) is 6.51.